The van der Waals surface area contributed by atoms with Crippen molar-refractivity contribution in [3.8, 4) is 0 Å². The SMILES string of the molecule is CC=CC(=CC)CC(=O)O. The summed E-state index contributed by atoms with van der Waals surface area (Å²) in [4.78, 5) is 10.2. The monoisotopic (exact) mass is 140 g/mol. The molecule has 0 amide bonds. The number of aliphatic carboxylic acids is 1. The first kappa shape index (κ1) is 8.95. The van der Waals surface area contributed by atoms with Crippen molar-refractivity contribution in [1.82, 2.24) is 0 Å². The minimum Gasteiger partial charge on any atom is -0.481 e. The van der Waals surface area contributed by atoms with Crippen molar-refractivity contribution < 1.29 is 9.90 Å². The maximum absolute atomic E-state index is 10.2. The lowest BCUT2D eigenvalue weighted by molar-refractivity contribution is -0.136. The molecule has 56 valence electrons. The average Bonchev–Trinajstić information content (AvgIpc) is 1.86. The van der Waals surface area contributed by atoms with Crippen molar-refractivity contribution in [3.05, 3.63) is 23.8 Å². The molecule has 0 aromatic rings. The van der Waals surface area contributed by atoms with Gasteiger partial charge >= 0.3 is 5.97 Å². The van der Waals surface area contributed by atoms with Gasteiger partial charge in [-0.2, -0.15) is 0 Å². The summed E-state index contributed by atoms with van der Waals surface area (Å²) in [7, 11) is 0. The Labute approximate surface area is 60.9 Å². The molecule has 0 aliphatic carbocycles. The molecule has 0 unspecified atom stereocenters. The number of rotatable bonds is 3. The molecule has 0 radical (unpaired) electrons. The third-order valence-electron chi connectivity index (χ3n) is 1.11. The van der Waals surface area contributed by atoms with Crippen LogP contribution in [-0.4, -0.2) is 11.1 Å². The Morgan fingerprint density at radius 1 is 1.50 bits per heavy atom. The zero-order chi connectivity index (χ0) is 7.98. The van der Waals surface area contributed by atoms with Crippen molar-refractivity contribution in [2.75, 3.05) is 0 Å². The van der Waals surface area contributed by atoms with Crippen LogP contribution >= 0.6 is 0 Å². The zero-order valence-electron chi connectivity index (χ0n) is 6.29. The molecule has 0 rings (SSSR count). The maximum Gasteiger partial charge on any atom is 0.307 e. The summed E-state index contributed by atoms with van der Waals surface area (Å²) in [5.41, 5.74) is 0.843. The predicted molar refractivity (Wildman–Crippen MR) is 40.8 cm³/mol. The quantitative estimate of drug-likeness (QED) is 0.608. The van der Waals surface area contributed by atoms with Gasteiger partial charge in [0.2, 0.25) is 0 Å². The highest BCUT2D eigenvalue weighted by Crippen LogP contribution is 2.02. The summed E-state index contributed by atoms with van der Waals surface area (Å²) in [5, 5.41) is 8.37. The lowest BCUT2D eigenvalue weighted by Gasteiger charge is -1.93. The van der Waals surface area contributed by atoms with Gasteiger partial charge in [-0.3, -0.25) is 4.79 Å². The molecule has 0 fully saturated rings. The number of hydrogen-bond donors (Lipinski definition) is 1. The molecule has 0 aromatic heterocycles. The van der Waals surface area contributed by atoms with Crippen LogP contribution in [0.25, 0.3) is 0 Å². The molecule has 0 aliphatic heterocycles. The van der Waals surface area contributed by atoms with Crippen LogP contribution in [0.15, 0.2) is 23.8 Å². The molecule has 1 N–H and O–H groups in total. The van der Waals surface area contributed by atoms with E-state index in [2.05, 4.69) is 0 Å². The lowest BCUT2D eigenvalue weighted by Crippen LogP contribution is -1.94. The Balaban J connectivity index is 3.98. The van der Waals surface area contributed by atoms with Crippen molar-refractivity contribution in [2.45, 2.75) is 20.3 Å². The fourth-order valence-corrected chi connectivity index (χ4v) is 0.646. The summed E-state index contributed by atoms with van der Waals surface area (Å²) >= 11 is 0. The molecule has 0 saturated heterocycles. The largest absolute Gasteiger partial charge is 0.481 e. The zero-order valence-corrected chi connectivity index (χ0v) is 6.29. The van der Waals surface area contributed by atoms with Crippen molar-refractivity contribution in [1.29, 1.82) is 0 Å². The first-order valence-corrected chi connectivity index (χ1v) is 3.20. The van der Waals surface area contributed by atoms with Gasteiger partial charge in [-0.1, -0.05) is 18.2 Å². The number of carboxylic acid groups (broad SMARTS) is 1. The van der Waals surface area contributed by atoms with Crippen molar-refractivity contribution >= 4 is 5.97 Å². The van der Waals surface area contributed by atoms with Crippen LogP contribution in [0.4, 0.5) is 0 Å². The van der Waals surface area contributed by atoms with Crippen LogP contribution in [0.1, 0.15) is 20.3 Å². The normalized spacial score (nSPS) is 12.4. The van der Waals surface area contributed by atoms with E-state index in [1.165, 1.54) is 0 Å². The average molecular weight is 140 g/mol. The van der Waals surface area contributed by atoms with Crippen LogP contribution < -0.4 is 0 Å². The third-order valence-corrected chi connectivity index (χ3v) is 1.11. The number of hydrogen-bond acceptors (Lipinski definition) is 1. The Hall–Kier alpha value is -1.05. The Bertz CT molecular complexity index is 166. The molecular formula is C8H12O2. The van der Waals surface area contributed by atoms with E-state index in [1.807, 2.05) is 19.9 Å². The smallest absolute Gasteiger partial charge is 0.307 e. The second-order valence-electron chi connectivity index (χ2n) is 1.93. The van der Waals surface area contributed by atoms with Crippen molar-refractivity contribution in [3.63, 3.8) is 0 Å². The summed E-state index contributed by atoms with van der Waals surface area (Å²) in [6.07, 6.45) is 5.54. The van der Waals surface area contributed by atoms with E-state index in [9.17, 15) is 4.79 Å². The lowest BCUT2D eigenvalue weighted by atomic mass is 10.2. The van der Waals surface area contributed by atoms with E-state index in [1.54, 1.807) is 12.2 Å². The first-order valence-electron chi connectivity index (χ1n) is 3.20. The van der Waals surface area contributed by atoms with Gasteiger partial charge in [0.1, 0.15) is 0 Å². The van der Waals surface area contributed by atoms with Crippen LogP contribution in [0, 0.1) is 0 Å². The number of allylic oxidation sites excluding steroid dienone is 3. The van der Waals surface area contributed by atoms with E-state index in [-0.39, 0.29) is 6.42 Å². The third kappa shape index (κ3) is 3.89. The molecule has 0 spiro atoms. The molecule has 2 nitrogen and oxygen atoms in total. The standard InChI is InChI=1S/C8H12O2/c1-3-5-7(4-2)6-8(9)10/h3-5H,6H2,1-2H3,(H,9,10). The number of carboxylic acids is 1. The number of carbonyl (C=O) groups is 1. The van der Waals surface area contributed by atoms with Gasteiger partial charge in [0.25, 0.3) is 0 Å². The highest BCUT2D eigenvalue weighted by atomic mass is 16.4. The minimum atomic E-state index is -0.786. The highest BCUT2D eigenvalue weighted by Gasteiger charge is 1.97. The predicted octanol–water partition coefficient (Wildman–Crippen LogP) is 1.98. The molecule has 0 aromatic carbocycles. The van der Waals surface area contributed by atoms with Crippen molar-refractivity contribution in [2.24, 2.45) is 0 Å². The second-order valence-corrected chi connectivity index (χ2v) is 1.93. The highest BCUT2D eigenvalue weighted by molar-refractivity contribution is 5.70. The summed E-state index contributed by atoms with van der Waals surface area (Å²) < 4.78 is 0. The molecule has 0 heterocycles. The van der Waals surface area contributed by atoms with Gasteiger partial charge < -0.3 is 5.11 Å². The van der Waals surface area contributed by atoms with Gasteiger partial charge in [0.15, 0.2) is 0 Å². The minimum absolute atomic E-state index is 0.112. The van der Waals surface area contributed by atoms with Gasteiger partial charge in [0, 0.05) is 0 Å². The van der Waals surface area contributed by atoms with Gasteiger partial charge in [0.05, 0.1) is 6.42 Å². The fraction of sp³-hybridized carbons (Fsp3) is 0.375. The molecule has 0 bridgehead atoms. The molecule has 10 heavy (non-hydrogen) atoms. The fourth-order valence-electron chi connectivity index (χ4n) is 0.646. The Morgan fingerprint density at radius 2 is 2.10 bits per heavy atom. The Morgan fingerprint density at radius 3 is 2.40 bits per heavy atom. The van der Waals surface area contributed by atoms with Crippen LogP contribution in [0.5, 0.6) is 0 Å². The molecule has 0 aliphatic rings. The van der Waals surface area contributed by atoms with Gasteiger partial charge in [-0.25, -0.2) is 0 Å². The molecule has 2 heteroatoms. The van der Waals surface area contributed by atoms with Crippen LogP contribution in [0.2, 0.25) is 0 Å². The summed E-state index contributed by atoms with van der Waals surface area (Å²) in [6, 6.07) is 0. The van der Waals surface area contributed by atoms with E-state index in [0.29, 0.717) is 0 Å². The van der Waals surface area contributed by atoms with E-state index in [4.69, 9.17) is 5.11 Å². The van der Waals surface area contributed by atoms with E-state index >= 15 is 0 Å². The Kier molecular flexibility index (Phi) is 4.29. The van der Waals surface area contributed by atoms with Crippen LogP contribution in [-0.2, 0) is 4.79 Å². The van der Waals surface area contributed by atoms with Gasteiger partial charge in [-0.15, -0.1) is 0 Å². The maximum atomic E-state index is 10.2. The summed E-state index contributed by atoms with van der Waals surface area (Å²) in [6.45, 7) is 3.70. The molecule has 0 atom stereocenters. The summed E-state index contributed by atoms with van der Waals surface area (Å²) in [5.74, 6) is -0.786. The molecule has 0 saturated carbocycles. The second kappa shape index (κ2) is 4.79. The van der Waals surface area contributed by atoms with Gasteiger partial charge in [-0.05, 0) is 19.4 Å². The van der Waals surface area contributed by atoms with E-state index in [0.717, 1.165) is 5.57 Å². The molecular weight excluding hydrogens is 128 g/mol. The topological polar surface area (TPSA) is 37.3 Å². The van der Waals surface area contributed by atoms with E-state index < -0.39 is 5.97 Å². The first-order chi connectivity index (χ1) is 4.70. The van der Waals surface area contributed by atoms with Crippen LogP contribution in [0.3, 0.4) is 0 Å².